The number of carboxylic acid groups (broad SMARTS) is 1. The molecule has 33 heavy (non-hydrogen) atoms. The Kier molecular flexibility index (Phi) is 6.96. The van der Waals surface area contributed by atoms with Gasteiger partial charge in [0.2, 0.25) is 5.91 Å². The number of benzene rings is 2. The molecule has 1 aliphatic heterocycles. The molecular formula is C26H30N2O5. The highest BCUT2D eigenvalue weighted by Crippen LogP contribution is 2.44. The molecule has 0 bridgehead atoms. The number of hydrogen-bond acceptors (Lipinski definition) is 4. The minimum Gasteiger partial charge on any atom is -0.480 e. The fraction of sp³-hybridized carbons (Fsp3) is 0.423. The minimum atomic E-state index is -0.999. The molecule has 1 unspecified atom stereocenters. The number of carbonyl (C=O) groups excluding carboxylic acids is 2. The van der Waals surface area contributed by atoms with Crippen LogP contribution in [0.15, 0.2) is 48.5 Å². The number of fused-ring (bicyclic) bond motifs is 3. The van der Waals surface area contributed by atoms with Crippen LogP contribution in [0.1, 0.15) is 56.1 Å². The van der Waals surface area contributed by atoms with E-state index in [1.165, 1.54) is 4.90 Å². The van der Waals surface area contributed by atoms with Gasteiger partial charge in [-0.15, -0.1) is 0 Å². The van der Waals surface area contributed by atoms with Crippen LogP contribution in [0.4, 0.5) is 4.79 Å². The predicted octanol–water partition coefficient (Wildman–Crippen LogP) is 4.16. The largest absolute Gasteiger partial charge is 0.480 e. The van der Waals surface area contributed by atoms with Crippen molar-refractivity contribution in [1.29, 1.82) is 0 Å². The van der Waals surface area contributed by atoms with Crippen LogP contribution in [0.3, 0.4) is 0 Å². The van der Waals surface area contributed by atoms with Crippen molar-refractivity contribution < 1.29 is 24.2 Å². The molecule has 2 N–H and O–H groups in total. The maximum atomic E-state index is 13.1. The first-order valence-electron chi connectivity index (χ1n) is 11.7. The second-order valence-electron chi connectivity index (χ2n) is 8.67. The van der Waals surface area contributed by atoms with Gasteiger partial charge in [0, 0.05) is 12.5 Å². The Hall–Kier alpha value is -3.35. The Morgan fingerprint density at radius 1 is 1.03 bits per heavy atom. The number of nitrogens with one attached hydrogen (secondary N) is 1. The highest BCUT2D eigenvalue weighted by Gasteiger charge is 2.35. The average Bonchev–Trinajstić information content (AvgIpc) is 2.96. The second-order valence-corrected chi connectivity index (χ2v) is 8.67. The zero-order valence-electron chi connectivity index (χ0n) is 18.8. The first-order valence-corrected chi connectivity index (χ1v) is 11.7. The summed E-state index contributed by atoms with van der Waals surface area (Å²) in [5.74, 6) is -1.43. The van der Waals surface area contributed by atoms with Crippen LogP contribution >= 0.6 is 0 Å². The molecule has 1 fully saturated rings. The molecule has 0 aromatic heterocycles. The summed E-state index contributed by atoms with van der Waals surface area (Å²) in [5.41, 5.74) is 4.51. The number of carbonyl (C=O) groups is 3. The van der Waals surface area contributed by atoms with Crippen molar-refractivity contribution in [3.63, 3.8) is 0 Å². The molecule has 0 spiro atoms. The van der Waals surface area contributed by atoms with Crippen LogP contribution in [0.5, 0.6) is 0 Å². The van der Waals surface area contributed by atoms with Crippen LogP contribution in [0, 0.1) is 0 Å². The summed E-state index contributed by atoms with van der Waals surface area (Å²) in [6, 6.07) is 14.5. The van der Waals surface area contributed by atoms with Gasteiger partial charge in [0.05, 0.1) is 0 Å². The normalized spacial score (nSPS) is 18.6. The molecule has 0 saturated carbocycles. The molecule has 4 rings (SSSR count). The monoisotopic (exact) mass is 450 g/mol. The Labute approximate surface area is 193 Å². The molecule has 1 saturated heterocycles. The lowest BCUT2D eigenvalue weighted by atomic mass is 9.98. The van der Waals surface area contributed by atoms with Gasteiger partial charge < -0.3 is 20.1 Å². The first kappa shape index (κ1) is 22.8. The summed E-state index contributed by atoms with van der Waals surface area (Å²) in [6.45, 7) is 2.34. The molecule has 2 atom stereocenters. The summed E-state index contributed by atoms with van der Waals surface area (Å²) in [4.78, 5) is 38.9. The van der Waals surface area contributed by atoms with Crippen molar-refractivity contribution in [2.24, 2.45) is 0 Å². The molecule has 7 heteroatoms. The van der Waals surface area contributed by atoms with E-state index in [2.05, 4.69) is 17.4 Å². The van der Waals surface area contributed by atoms with Crippen molar-refractivity contribution in [2.75, 3.05) is 13.2 Å². The third-order valence-corrected chi connectivity index (χ3v) is 6.66. The van der Waals surface area contributed by atoms with Gasteiger partial charge in [-0.3, -0.25) is 4.79 Å². The maximum Gasteiger partial charge on any atom is 0.407 e. The fourth-order valence-electron chi connectivity index (χ4n) is 4.95. The number of nitrogens with zero attached hydrogens (tertiary/aromatic N) is 1. The van der Waals surface area contributed by atoms with Crippen molar-refractivity contribution in [3.8, 4) is 11.1 Å². The van der Waals surface area contributed by atoms with Crippen LogP contribution in [0.2, 0.25) is 0 Å². The fourth-order valence-corrected chi connectivity index (χ4v) is 4.95. The lowest BCUT2D eigenvalue weighted by Crippen LogP contribution is -2.53. The van der Waals surface area contributed by atoms with Crippen molar-refractivity contribution in [2.45, 2.75) is 57.0 Å². The average molecular weight is 451 g/mol. The molecular weight excluding hydrogens is 420 g/mol. The van der Waals surface area contributed by atoms with Gasteiger partial charge in [0.1, 0.15) is 18.7 Å². The third-order valence-electron chi connectivity index (χ3n) is 6.66. The molecule has 2 aromatic rings. The molecule has 1 aliphatic carbocycles. The number of aliphatic carboxylic acids is 1. The quantitative estimate of drug-likeness (QED) is 0.689. The highest BCUT2D eigenvalue weighted by atomic mass is 16.5. The van der Waals surface area contributed by atoms with Gasteiger partial charge in [0.25, 0.3) is 0 Å². The SMILES string of the molecule is CC[C@H](NC(=O)OCC1c2ccccc2-c2ccccc21)C(=O)N1CCCCCC1C(=O)O. The van der Waals surface area contributed by atoms with E-state index in [0.717, 1.165) is 41.5 Å². The zero-order chi connectivity index (χ0) is 23.4. The van der Waals surface area contributed by atoms with Gasteiger partial charge in [-0.05, 0) is 41.5 Å². The van der Waals surface area contributed by atoms with Gasteiger partial charge >= 0.3 is 12.1 Å². The van der Waals surface area contributed by atoms with Gasteiger partial charge in [0.15, 0.2) is 0 Å². The third kappa shape index (κ3) is 4.72. The number of amides is 2. The molecule has 7 nitrogen and oxygen atoms in total. The first-order chi connectivity index (χ1) is 16.0. The smallest absolute Gasteiger partial charge is 0.407 e. The van der Waals surface area contributed by atoms with Crippen molar-refractivity contribution in [1.82, 2.24) is 10.2 Å². The maximum absolute atomic E-state index is 13.1. The van der Waals surface area contributed by atoms with Gasteiger partial charge in [-0.25, -0.2) is 9.59 Å². The summed E-state index contributed by atoms with van der Waals surface area (Å²) in [7, 11) is 0. The molecule has 0 radical (unpaired) electrons. The number of likely N-dealkylation sites (tertiary alicyclic amines) is 1. The Balaban J connectivity index is 1.42. The Morgan fingerprint density at radius 3 is 2.27 bits per heavy atom. The summed E-state index contributed by atoms with van der Waals surface area (Å²) < 4.78 is 5.57. The number of alkyl carbamates (subject to hydrolysis) is 1. The van der Waals surface area contributed by atoms with Crippen molar-refractivity contribution in [3.05, 3.63) is 59.7 Å². The Morgan fingerprint density at radius 2 is 1.67 bits per heavy atom. The number of hydrogen-bond donors (Lipinski definition) is 2. The lowest BCUT2D eigenvalue weighted by molar-refractivity contribution is -0.151. The van der Waals surface area contributed by atoms with Crippen LogP contribution in [0.25, 0.3) is 11.1 Å². The Bertz CT molecular complexity index is 991. The van der Waals surface area contributed by atoms with E-state index in [4.69, 9.17) is 4.74 Å². The second kappa shape index (κ2) is 10.1. The lowest BCUT2D eigenvalue weighted by Gasteiger charge is -2.30. The minimum absolute atomic E-state index is 0.0686. The molecule has 174 valence electrons. The van der Waals surface area contributed by atoms with E-state index in [1.807, 2.05) is 36.4 Å². The van der Waals surface area contributed by atoms with E-state index >= 15 is 0 Å². The van der Waals surface area contributed by atoms with Crippen molar-refractivity contribution >= 4 is 18.0 Å². The molecule has 1 heterocycles. The highest BCUT2D eigenvalue weighted by molar-refractivity contribution is 5.89. The molecule has 2 aliphatic rings. The van der Waals surface area contributed by atoms with Crippen LogP contribution in [-0.2, 0) is 14.3 Å². The van der Waals surface area contributed by atoms with E-state index in [0.29, 0.717) is 19.4 Å². The number of rotatable bonds is 6. The topological polar surface area (TPSA) is 95.9 Å². The van der Waals surface area contributed by atoms with Crippen LogP contribution < -0.4 is 5.32 Å². The zero-order valence-corrected chi connectivity index (χ0v) is 18.8. The van der Waals surface area contributed by atoms with E-state index < -0.39 is 24.1 Å². The molecule has 2 aromatic carbocycles. The predicted molar refractivity (Wildman–Crippen MR) is 124 cm³/mol. The van der Waals surface area contributed by atoms with Gasteiger partial charge in [-0.1, -0.05) is 68.3 Å². The van der Waals surface area contributed by atoms with E-state index in [9.17, 15) is 19.5 Å². The molecule has 2 amide bonds. The summed E-state index contributed by atoms with van der Waals surface area (Å²) in [5, 5.41) is 12.2. The van der Waals surface area contributed by atoms with E-state index in [-0.39, 0.29) is 18.4 Å². The van der Waals surface area contributed by atoms with Crippen LogP contribution in [-0.4, -0.2) is 53.2 Å². The standard InChI is InChI=1S/C26H30N2O5/c1-2-22(24(29)28-15-9-3-4-14-23(28)25(30)31)27-26(32)33-16-21-19-12-7-5-10-17(19)18-11-6-8-13-20(18)21/h5-8,10-13,21-23H,2-4,9,14-16H2,1H3,(H,27,32)(H,30,31)/t22-,23?/m0/s1. The van der Waals surface area contributed by atoms with E-state index in [1.54, 1.807) is 6.92 Å². The number of ether oxygens (including phenoxy) is 1. The summed E-state index contributed by atoms with van der Waals surface area (Å²) >= 11 is 0. The van der Waals surface area contributed by atoms with Gasteiger partial charge in [-0.2, -0.15) is 0 Å². The summed E-state index contributed by atoms with van der Waals surface area (Å²) in [6.07, 6.45) is 2.55. The number of carboxylic acids is 1.